The van der Waals surface area contributed by atoms with Gasteiger partial charge in [-0.2, -0.15) is 5.21 Å². The summed E-state index contributed by atoms with van der Waals surface area (Å²) in [5.41, 5.74) is 1.50. The second-order valence-electron chi connectivity index (χ2n) is 8.70. The highest BCUT2D eigenvalue weighted by Crippen LogP contribution is 2.68. The fraction of sp³-hybridized carbons (Fsp3) is 0.650. The van der Waals surface area contributed by atoms with E-state index in [1.807, 2.05) is 0 Å². The van der Waals surface area contributed by atoms with E-state index in [1.54, 1.807) is 0 Å². The van der Waals surface area contributed by atoms with Crippen molar-refractivity contribution >= 4 is 15.9 Å². The highest BCUT2D eigenvalue weighted by molar-refractivity contribution is 9.10. The predicted molar refractivity (Wildman–Crippen MR) is 101 cm³/mol. The average molecular weight is 431 g/mol. The molecule has 7 heteroatoms. The number of benzene rings is 1. The topological polar surface area (TPSA) is 72.9 Å². The molecule has 6 nitrogen and oxygen atoms in total. The fourth-order valence-corrected chi connectivity index (χ4v) is 7.24. The second-order valence-corrected chi connectivity index (χ2v) is 9.62. The number of aromatic nitrogens is 4. The number of nitrogens with zero attached hydrogens (tertiary/aromatic N) is 3. The summed E-state index contributed by atoms with van der Waals surface area (Å²) in [7, 11) is 0. The van der Waals surface area contributed by atoms with Crippen molar-refractivity contribution in [1.29, 1.82) is 0 Å². The number of ether oxygens (including phenoxy) is 2. The summed E-state index contributed by atoms with van der Waals surface area (Å²) in [5, 5.41) is 15.1. The molecule has 27 heavy (non-hydrogen) atoms. The predicted octanol–water partition coefficient (Wildman–Crippen LogP) is 3.25. The minimum atomic E-state index is -0.287. The highest BCUT2D eigenvalue weighted by atomic mass is 79.9. The number of tetrazole rings is 1. The number of nitrogens with one attached hydrogen (secondary N) is 1. The lowest BCUT2D eigenvalue weighted by Gasteiger charge is -2.66. The molecule has 0 radical (unpaired) electrons. The van der Waals surface area contributed by atoms with Gasteiger partial charge in [0.15, 0.2) is 11.6 Å². The van der Waals surface area contributed by atoms with Crippen LogP contribution in [-0.4, -0.2) is 39.6 Å². The molecule has 1 aromatic carbocycles. The number of hydrogen-bond acceptors (Lipinski definition) is 5. The van der Waals surface area contributed by atoms with Gasteiger partial charge in [-0.15, -0.1) is 10.2 Å². The Kier molecular flexibility index (Phi) is 3.60. The first-order valence-corrected chi connectivity index (χ1v) is 10.8. The van der Waals surface area contributed by atoms with E-state index in [0.29, 0.717) is 23.7 Å². The summed E-state index contributed by atoms with van der Waals surface area (Å²) in [6.07, 6.45) is 5.53. The summed E-state index contributed by atoms with van der Waals surface area (Å²) in [5.74, 6) is 2.81. The van der Waals surface area contributed by atoms with E-state index < -0.39 is 0 Å². The van der Waals surface area contributed by atoms with Crippen LogP contribution in [0.4, 0.5) is 0 Å². The van der Waals surface area contributed by atoms with Gasteiger partial charge in [0.25, 0.3) is 0 Å². The molecular weight excluding hydrogens is 408 g/mol. The third-order valence-electron chi connectivity index (χ3n) is 7.83. The zero-order valence-corrected chi connectivity index (χ0v) is 16.7. The number of aromatic amines is 1. The molecule has 4 saturated carbocycles. The lowest BCUT2D eigenvalue weighted by Crippen LogP contribution is -2.66. The first-order chi connectivity index (χ1) is 13.2. The van der Waals surface area contributed by atoms with Crippen LogP contribution in [0.25, 0.3) is 0 Å². The van der Waals surface area contributed by atoms with Crippen molar-refractivity contribution in [2.24, 2.45) is 23.7 Å². The van der Waals surface area contributed by atoms with E-state index in [0.717, 1.165) is 29.9 Å². The molecule has 4 aliphatic carbocycles. The Labute approximate surface area is 166 Å². The van der Waals surface area contributed by atoms with Crippen LogP contribution >= 0.6 is 15.9 Å². The van der Waals surface area contributed by atoms with Gasteiger partial charge in [0.2, 0.25) is 0 Å². The van der Waals surface area contributed by atoms with Crippen LogP contribution in [0.15, 0.2) is 28.7 Å². The number of rotatable bonds is 3. The smallest absolute Gasteiger partial charge is 0.175 e. The highest BCUT2D eigenvalue weighted by Gasteiger charge is 2.68. The molecule has 5 fully saturated rings. The van der Waals surface area contributed by atoms with Gasteiger partial charge in [0.1, 0.15) is 0 Å². The van der Waals surface area contributed by atoms with Gasteiger partial charge in [0, 0.05) is 28.1 Å². The average Bonchev–Trinajstić information content (AvgIpc) is 3.34. The van der Waals surface area contributed by atoms with Gasteiger partial charge in [-0.25, -0.2) is 0 Å². The molecule has 142 valence electrons. The second kappa shape index (κ2) is 5.84. The Balaban J connectivity index is 1.43. The first kappa shape index (κ1) is 16.6. The molecule has 7 rings (SSSR count). The van der Waals surface area contributed by atoms with Gasteiger partial charge in [0.05, 0.1) is 13.2 Å². The first-order valence-electron chi connectivity index (χ1n) is 9.97. The van der Waals surface area contributed by atoms with Crippen LogP contribution in [0.3, 0.4) is 0 Å². The van der Waals surface area contributed by atoms with Crippen LogP contribution in [-0.2, 0) is 21.3 Å². The Bertz CT molecular complexity index is 800. The third-order valence-corrected chi connectivity index (χ3v) is 8.36. The summed E-state index contributed by atoms with van der Waals surface area (Å²) >= 11 is 3.59. The lowest BCUT2D eigenvalue weighted by molar-refractivity contribution is -0.301. The Morgan fingerprint density at radius 1 is 0.963 bits per heavy atom. The molecule has 1 spiro atoms. The minimum absolute atomic E-state index is 0.0811. The lowest BCUT2D eigenvalue weighted by atomic mass is 9.41. The molecule has 0 atom stereocenters. The Morgan fingerprint density at radius 2 is 1.59 bits per heavy atom. The van der Waals surface area contributed by atoms with E-state index in [2.05, 4.69) is 60.8 Å². The maximum Gasteiger partial charge on any atom is 0.175 e. The zero-order chi connectivity index (χ0) is 18.1. The Hall–Kier alpha value is -1.31. The summed E-state index contributed by atoms with van der Waals surface area (Å²) in [6.45, 7) is 1.51. The number of H-pyrrole nitrogens is 1. The molecule has 2 heterocycles. The van der Waals surface area contributed by atoms with Crippen molar-refractivity contribution in [2.75, 3.05) is 13.2 Å². The van der Waals surface area contributed by atoms with Crippen LogP contribution in [0.5, 0.6) is 0 Å². The van der Waals surface area contributed by atoms with Crippen molar-refractivity contribution < 1.29 is 9.47 Å². The van der Waals surface area contributed by atoms with Crippen molar-refractivity contribution in [3.8, 4) is 0 Å². The molecule has 1 aliphatic heterocycles. The van der Waals surface area contributed by atoms with Crippen molar-refractivity contribution in [2.45, 2.75) is 43.3 Å². The standard InChI is InChI=1S/C20H23BrN4O2/c21-17-3-1-12(2-4-17)19(11-18-22-24-25-23-18)13-7-15-9-14(19)10-16(8-13)20(15)26-5-6-27-20/h1-4,13-16H,5-11H2,(H,22,23,24,25). The minimum Gasteiger partial charge on any atom is -0.347 e. The van der Waals surface area contributed by atoms with Crippen molar-refractivity contribution in [3.05, 3.63) is 40.1 Å². The number of hydrogen-bond donors (Lipinski definition) is 1. The third kappa shape index (κ3) is 2.22. The van der Waals surface area contributed by atoms with Gasteiger partial charge in [-0.05, 0) is 55.2 Å². The molecule has 2 aromatic rings. The Morgan fingerprint density at radius 3 is 2.15 bits per heavy atom. The van der Waals surface area contributed by atoms with Gasteiger partial charge < -0.3 is 9.47 Å². The van der Waals surface area contributed by atoms with E-state index in [9.17, 15) is 0 Å². The van der Waals surface area contributed by atoms with Crippen LogP contribution in [0.1, 0.15) is 37.1 Å². The molecule has 1 N–H and O–H groups in total. The van der Waals surface area contributed by atoms with E-state index in [-0.39, 0.29) is 11.2 Å². The van der Waals surface area contributed by atoms with E-state index >= 15 is 0 Å². The zero-order valence-electron chi connectivity index (χ0n) is 15.1. The van der Waals surface area contributed by atoms with Crippen LogP contribution in [0, 0.1) is 23.7 Å². The van der Waals surface area contributed by atoms with Crippen molar-refractivity contribution in [1.82, 2.24) is 20.6 Å². The summed E-state index contributed by atoms with van der Waals surface area (Å²) in [4.78, 5) is 0. The van der Waals surface area contributed by atoms with Gasteiger partial charge in [-0.3, -0.25) is 0 Å². The van der Waals surface area contributed by atoms with Gasteiger partial charge in [-0.1, -0.05) is 33.3 Å². The molecule has 1 saturated heterocycles. The molecule has 4 bridgehead atoms. The molecule has 5 aliphatic rings. The maximum absolute atomic E-state index is 6.24. The van der Waals surface area contributed by atoms with Gasteiger partial charge >= 0.3 is 0 Å². The molecular formula is C20H23BrN4O2. The monoisotopic (exact) mass is 430 g/mol. The summed E-state index contributed by atoms with van der Waals surface area (Å²) in [6, 6.07) is 8.93. The quantitative estimate of drug-likeness (QED) is 0.808. The largest absolute Gasteiger partial charge is 0.347 e. The van der Waals surface area contributed by atoms with E-state index in [4.69, 9.17) is 9.47 Å². The van der Waals surface area contributed by atoms with Crippen LogP contribution in [0.2, 0.25) is 0 Å². The fourth-order valence-electron chi connectivity index (χ4n) is 6.98. The molecule has 1 aromatic heterocycles. The van der Waals surface area contributed by atoms with Crippen molar-refractivity contribution in [3.63, 3.8) is 0 Å². The normalized spacial score (nSPS) is 38.7. The SMILES string of the molecule is Brc1ccc(C2(Cc3nn[nH]n3)C3CC4CC2CC(C3)C42OCCO2)cc1. The molecule has 0 unspecified atom stereocenters. The maximum atomic E-state index is 6.24. The summed E-state index contributed by atoms with van der Waals surface area (Å²) < 4.78 is 13.6. The van der Waals surface area contributed by atoms with E-state index in [1.165, 1.54) is 31.2 Å². The molecule has 0 amide bonds. The van der Waals surface area contributed by atoms with Crippen LogP contribution < -0.4 is 0 Å². The number of halogens is 1.